The van der Waals surface area contributed by atoms with Gasteiger partial charge < -0.3 is 9.73 Å². The molecule has 3 nitrogen and oxygen atoms in total. The summed E-state index contributed by atoms with van der Waals surface area (Å²) in [7, 11) is 0. The minimum Gasteiger partial charge on any atom is -0.468 e. The van der Waals surface area contributed by atoms with Gasteiger partial charge in [-0.1, -0.05) is 0 Å². The Morgan fingerprint density at radius 1 is 1.37 bits per heavy atom. The molecular weight excluding hydrogens is 236 g/mol. The van der Waals surface area contributed by atoms with Gasteiger partial charge in [0.25, 0.3) is 0 Å². The lowest BCUT2D eigenvalue weighted by molar-refractivity contribution is 0.165. The Balaban J connectivity index is 1.42. The first-order valence-electron chi connectivity index (χ1n) is 7.84. The quantitative estimate of drug-likeness (QED) is 0.693. The molecule has 1 unspecified atom stereocenters. The molecule has 2 saturated carbocycles. The molecule has 106 valence electrons. The highest BCUT2D eigenvalue weighted by atomic mass is 16.3. The zero-order chi connectivity index (χ0) is 13.1. The summed E-state index contributed by atoms with van der Waals surface area (Å²) in [4.78, 5) is 2.63. The maximum atomic E-state index is 5.50. The maximum absolute atomic E-state index is 5.50. The molecule has 1 aromatic heterocycles. The average Bonchev–Trinajstić information content (AvgIpc) is 3.33. The monoisotopic (exact) mass is 262 g/mol. The van der Waals surface area contributed by atoms with E-state index in [0.29, 0.717) is 6.04 Å². The van der Waals surface area contributed by atoms with Crippen LogP contribution in [0.4, 0.5) is 0 Å². The third kappa shape index (κ3) is 4.08. The van der Waals surface area contributed by atoms with Crippen LogP contribution in [0.1, 0.15) is 51.2 Å². The second kappa shape index (κ2) is 6.10. The largest absolute Gasteiger partial charge is 0.468 e. The summed E-state index contributed by atoms with van der Waals surface area (Å²) in [5, 5.41) is 3.60. The van der Waals surface area contributed by atoms with Crippen LogP contribution in [-0.4, -0.2) is 29.6 Å². The summed E-state index contributed by atoms with van der Waals surface area (Å²) in [6, 6.07) is 6.40. The summed E-state index contributed by atoms with van der Waals surface area (Å²) in [6.45, 7) is 4.54. The van der Waals surface area contributed by atoms with Crippen LogP contribution < -0.4 is 5.32 Å². The van der Waals surface area contributed by atoms with E-state index < -0.39 is 0 Å². The van der Waals surface area contributed by atoms with Gasteiger partial charge in [0.15, 0.2) is 0 Å². The van der Waals surface area contributed by atoms with Crippen molar-refractivity contribution < 1.29 is 4.42 Å². The van der Waals surface area contributed by atoms with E-state index in [0.717, 1.165) is 24.4 Å². The van der Waals surface area contributed by atoms with Gasteiger partial charge in [-0.05, 0) is 64.1 Å². The predicted molar refractivity (Wildman–Crippen MR) is 77.0 cm³/mol. The molecule has 0 aliphatic heterocycles. The summed E-state index contributed by atoms with van der Waals surface area (Å²) in [5.41, 5.74) is 0. The number of nitrogens with one attached hydrogen (secondary N) is 1. The number of rotatable bonds is 9. The van der Waals surface area contributed by atoms with Gasteiger partial charge in [-0.15, -0.1) is 0 Å². The molecule has 1 heterocycles. The fourth-order valence-electron chi connectivity index (χ4n) is 2.79. The standard InChI is InChI=1S/C16H26N2O/c1-13(4-2-10-17-14-6-7-14)18(15-8-9-15)12-16-5-3-11-19-16/h3,5,11,13-15,17H,2,4,6-10,12H2,1H3. The van der Waals surface area contributed by atoms with Gasteiger partial charge in [0.2, 0.25) is 0 Å². The smallest absolute Gasteiger partial charge is 0.117 e. The Morgan fingerprint density at radius 3 is 2.84 bits per heavy atom. The molecule has 1 atom stereocenters. The molecule has 0 radical (unpaired) electrons. The predicted octanol–water partition coefficient (Wildman–Crippen LogP) is 3.16. The van der Waals surface area contributed by atoms with Gasteiger partial charge in [0.1, 0.15) is 5.76 Å². The molecule has 2 aliphatic carbocycles. The lowest BCUT2D eigenvalue weighted by Crippen LogP contribution is -2.35. The van der Waals surface area contributed by atoms with Crippen LogP contribution in [0.15, 0.2) is 22.8 Å². The lowest BCUT2D eigenvalue weighted by Gasteiger charge is -2.28. The summed E-state index contributed by atoms with van der Waals surface area (Å²) in [6.07, 6.45) is 9.88. The van der Waals surface area contributed by atoms with Gasteiger partial charge in [-0.3, -0.25) is 4.90 Å². The average molecular weight is 262 g/mol. The molecule has 0 aromatic carbocycles. The Morgan fingerprint density at radius 2 is 2.21 bits per heavy atom. The van der Waals surface area contributed by atoms with Crippen molar-refractivity contribution in [2.45, 2.75) is 70.1 Å². The van der Waals surface area contributed by atoms with Crippen molar-refractivity contribution in [3.63, 3.8) is 0 Å². The molecule has 0 amide bonds. The van der Waals surface area contributed by atoms with Crippen LogP contribution in [0, 0.1) is 0 Å². The van der Waals surface area contributed by atoms with Crippen LogP contribution >= 0.6 is 0 Å². The summed E-state index contributed by atoms with van der Waals surface area (Å²) in [5.74, 6) is 1.11. The Labute approximate surface area is 116 Å². The molecule has 3 rings (SSSR count). The maximum Gasteiger partial charge on any atom is 0.117 e. The van der Waals surface area contributed by atoms with E-state index in [2.05, 4.69) is 23.2 Å². The molecule has 3 heteroatoms. The lowest BCUT2D eigenvalue weighted by atomic mass is 10.1. The van der Waals surface area contributed by atoms with Gasteiger partial charge in [0, 0.05) is 18.1 Å². The third-order valence-corrected chi connectivity index (χ3v) is 4.31. The molecule has 0 bridgehead atoms. The third-order valence-electron chi connectivity index (χ3n) is 4.31. The van der Waals surface area contributed by atoms with Crippen molar-refractivity contribution in [2.24, 2.45) is 0 Å². The first kappa shape index (κ1) is 13.2. The van der Waals surface area contributed by atoms with Crippen molar-refractivity contribution in [1.29, 1.82) is 0 Å². The fraction of sp³-hybridized carbons (Fsp3) is 0.750. The minimum atomic E-state index is 0.665. The van der Waals surface area contributed by atoms with Crippen LogP contribution in [0.25, 0.3) is 0 Å². The number of hydrogen-bond donors (Lipinski definition) is 1. The number of nitrogens with zero attached hydrogens (tertiary/aromatic N) is 1. The zero-order valence-corrected chi connectivity index (χ0v) is 12.0. The molecule has 1 N–H and O–H groups in total. The fourth-order valence-corrected chi connectivity index (χ4v) is 2.79. The highest BCUT2D eigenvalue weighted by Gasteiger charge is 2.32. The number of hydrogen-bond acceptors (Lipinski definition) is 3. The second-order valence-electron chi connectivity index (χ2n) is 6.20. The van der Waals surface area contributed by atoms with E-state index in [-0.39, 0.29) is 0 Å². The highest BCUT2D eigenvalue weighted by molar-refractivity contribution is 5.00. The Kier molecular flexibility index (Phi) is 4.24. The van der Waals surface area contributed by atoms with E-state index in [1.807, 2.05) is 6.07 Å². The molecule has 1 aromatic rings. The SMILES string of the molecule is CC(CCCNC1CC1)N(Cc1ccco1)C1CC1. The molecule has 0 saturated heterocycles. The first-order valence-corrected chi connectivity index (χ1v) is 7.84. The van der Waals surface area contributed by atoms with Crippen LogP contribution in [0.2, 0.25) is 0 Å². The van der Waals surface area contributed by atoms with Crippen molar-refractivity contribution in [3.05, 3.63) is 24.2 Å². The highest BCUT2D eigenvalue weighted by Crippen LogP contribution is 2.31. The van der Waals surface area contributed by atoms with Gasteiger partial charge in [-0.2, -0.15) is 0 Å². The van der Waals surface area contributed by atoms with Crippen molar-refractivity contribution in [2.75, 3.05) is 6.54 Å². The van der Waals surface area contributed by atoms with E-state index in [1.54, 1.807) is 6.26 Å². The summed E-state index contributed by atoms with van der Waals surface area (Å²) >= 11 is 0. The van der Waals surface area contributed by atoms with Crippen LogP contribution in [-0.2, 0) is 6.54 Å². The Bertz CT molecular complexity index is 368. The van der Waals surface area contributed by atoms with E-state index in [1.165, 1.54) is 45.1 Å². The van der Waals surface area contributed by atoms with Crippen LogP contribution in [0.5, 0.6) is 0 Å². The van der Waals surface area contributed by atoms with Gasteiger partial charge >= 0.3 is 0 Å². The molecule has 19 heavy (non-hydrogen) atoms. The molecule has 2 aliphatic rings. The normalized spacial score (nSPS) is 20.9. The summed E-state index contributed by atoms with van der Waals surface area (Å²) < 4.78 is 5.50. The van der Waals surface area contributed by atoms with E-state index >= 15 is 0 Å². The van der Waals surface area contributed by atoms with E-state index in [4.69, 9.17) is 4.42 Å². The topological polar surface area (TPSA) is 28.4 Å². The molecule has 2 fully saturated rings. The van der Waals surface area contributed by atoms with Crippen molar-refractivity contribution >= 4 is 0 Å². The second-order valence-corrected chi connectivity index (χ2v) is 6.20. The van der Waals surface area contributed by atoms with Crippen molar-refractivity contribution in [1.82, 2.24) is 10.2 Å². The van der Waals surface area contributed by atoms with Crippen LogP contribution in [0.3, 0.4) is 0 Å². The van der Waals surface area contributed by atoms with Crippen molar-refractivity contribution in [3.8, 4) is 0 Å². The molecular formula is C16H26N2O. The zero-order valence-electron chi connectivity index (χ0n) is 12.0. The molecule has 0 spiro atoms. The van der Waals surface area contributed by atoms with E-state index in [9.17, 15) is 0 Å². The Hall–Kier alpha value is -0.800. The first-order chi connectivity index (χ1) is 9.33. The van der Waals surface area contributed by atoms with Gasteiger partial charge in [0.05, 0.1) is 12.8 Å². The minimum absolute atomic E-state index is 0.665. The number of furan rings is 1. The van der Waals surface area contributed by atoms with Gasteiger partial charge in [-0.25, -0.2) is 0 Å².